The minimum Gasteiger partial charge on any atom is -0.496 e. The fraction of sp³-hybridized carbons (Fsp3) is 0.250. The molecule has 0 saturated heterocycles. The number of hydrogen-bond acceptors (Lipinski definition) is 6. The molecule has 0 spiro atoms. The lowest BCUT2D eigenvalue weighted by atomic mass is 10.1. The number of aromatic nitrogens is 3. The molecule has 0 saturated carbocycles. The lowest BCUT2D eigenvalue weighted by Crippen LogP contribution is -2.02. The van der Waals surface area contributed by atoms with E-state index >= 15 is 0 Å². The van der Waals surface area contributed by atoms with Crippen molar-refractivity contribution in [3.63, 3.8) is 0 Å². The van der Waals surface area contributed by atoms with Crippen molar-refractivity contribution < 1.29 is 18.3 Å². The van der Waals surface area contributed by atoms with Crippen molar-refractivity contribution in [2.24, 2.45) is 5.10 Å². The molecular formula is C20H20F2N4O2S. The van der Waals surface area contributed by atoms with Crippen LogP contribution in [-0.4, -0.2) is 34.5 Å². The van der Waals surface area contributed by atoms with Crippen LogP contribution in [0.15, 0.2) is 52.7 Å². The summed E-state index contributed by atoms with van der Waals surface area (Å²) >= 11 is 1.19. The molecule has 6 nitrogen and oxygen atoms in total. The van der Waals surface area contributed by atoms with Gasteiger partial charge in [-0.3, -0.25) is 0 Å². The predicted octanol–water partition coefficient (Wildman–Crippen LogP) is 4.72. The fourth-order valence-electron chi connectivity index (χ4n) is 2.64. The molecule has 3 aromatic rings. The van der Waals surface area contributed by atoms with E-state index in [1.54, 1.807) is 25.5 Å². The fourth-order valence-corrected chi connectivity index (χ4v) is 3.07. The van der Waals surface area contributed by atoms with Gasteiger partial charge in [0.2, 0.25) is 11.0 Å². The van der Waals surface area contributed by atoms with Crippen LogP contribution in [0, 0.1) is 6.92 Å². The second-order valence-corrected chi connectivity index (χ2v) is 6.80. The molecule has 0 fully saturated rings. The summed E-state index contributed by atoms with van der Waals surface area (Å²) in [5, 5.41) is 11.7. The Kier molecular flexibility index (Phi) is 6.82. The van der Waals surface area contributed by atoms with Crippen molar-refractivity contribution in [1.82, 2.24) is 14.9 Å². The van der Waals surface area contributed by atoms with Crippen molar-refractivity contribution in [3.8, 4) is 11.5 Å². The molecule has 29 heavy (non-hydrogen) atoms. The van der Waals surface area contributed by atoms with Crippen LogP contribution in [0.5, 0.6) is 11.5 Å². The quantitative estimate of drug-likeness (QED) is 0.391. The van der Waals surface area contributed by atoms with Gasteiger partial charge in [-0.25, -0.2) is 8.78 Å². The van der Waals surface area contributed by atoms with E-state index in [0.717, 1.165) is 21.6 Å². The number of benzene rings is 2. The number of halogens is 2. The average Bonchev–Trinajstić information content (AvgIpc) is 3.15. The Balaban J connectivity index is 1.84. The van der Waals surface area contributed by atoms with Gasteiger partial charge >= 0.3 is 0 Å². The molecule has 9 heteroatoms. The van der Waals surface area contributed by atoms with Crippen LogP contribution in [0.3, 0.4) is 0 Å². The van der Waals surface area contributed by atoms with Crippen LogP contribution >= 0.6 is 11.8 Å². The summed E-state index contributed by atoms with van der Waals surface area (Å²) in [4.78, 5) is 0. The van der Waals surface area contributed by atoms with Gasteiger partial charge in [0.1, 0.15) is 18.1 Å². The van der Waals surface area contributed by atoms with Gasteiger partial charge in [-0.05, 0) is 48.6 Å². The Morgan fingerprint density at radius 1 is 1.17 bits per heavy atom. The first-order chi connectivity index (χ1) is 14.0. The number of thioether (sulfide) groups is 1. The number of nitrogens with zero attached hydrogens (tertiary/aromatic N) is 4. The Hall–Kier alpha value is -2.94. The van der Waals surface area contributed by atoms with E-state index in [-0.39, 0.29) is 5.16 Å². The van der Waals surface area contributed by atoms with Crippen LogP contribution in [-0.2, 0) is 6.61 Å². The van der Waals surface area contributed by atoms with Crippen molar-refractivity contribution in [2.45, 2.75) is 25.1 Å². The van der Waals surface area contributed by atoms with E-state index in [1.165, 1.54) is 18.0 Å². The molecule has 152 valence electrons. The van der Waals surface area contributed by atoms with Crippen LogP contribution < -0.4 is 9.47 Å². The highest BCUT2D eigenvalue weighted by Crippen LogP contribution is 2.24. The molecule has 0 amide bonds. The number of hydrogen-bond donors (Lipinski definition) is 0. The lowest BCUT2D eigenvalue weighted by Gasteiger charge is -2.12. The third-order valence-corrected chi connectivity index (χ3v) is 4.74. The molecule has 0 atom stereocenters. The highest BCUT2D eigenvalue weighted by atomic mass is 32.2. The Morgan fingerprint density at radius 2 is 1.97 bits per heavy atom. The van der Waals surface area contributed by atoms with Gasteiger partial charge in [-0.2, -0.15) is 9.78 Å². The van der Waals surface area contributed by atoms with E-state index < -0.39 is 12.2 Å². The third-order valence-electron chi connectivity index (χ3n) is 4.12. The van der Waals surface area contributed by atoms with Crippen LogP contribution in [0.1, 0.15) is 28.9 Å². The maximum atomic E-state index is 13.1. The second kappa shape index (κ2) is 9.51. The van der Waals surface area contributed by atoms with E-state index in [0.29, 0.717) is 17.9 Å². The van der Waals surface area contributed by atoms with Gasteiger partial charge in [-0.1, -0.05) is 30.0 Å². The Bertz CT molecular complexity index is 1010. The molecule has 1 heterocycles. The van der Waals surface area contributed by atoms with Gasteiger partial charge in [0, 0.05) is 5.56 Å². The average molecular weight is 418 g/mol. The summed E-state index contributed by atoms with van der Waals surface area (Å²) < 4.78 is 38.6. The minimum atomic E-state index is -2.77. The first-order valence-electron chi connectivity index (χ1n) is 8.70. The number of aryl methyl sites for hydroxylation is 1. The zero-order valence-corrected chi connectivity index (χ0v) is 17.0. The van der Waals surface area contributed by atoms with Gasteiger partial charge in [0.25, 0.3) is 6.43 Å². The maximum Gasteiger partial charge on any atom is 0.299 e. The summed E-state index contributed by atoms with van der Waals surface area (Å²) in [7, 11) is 1.58. The molecular weight excluding hydrogens is 398 g/mol. The van der Waals surface area contributed by atoms with E-state index in [2.05, 4.69) is 15.3 Å². The maximum absolute atomic E-state index is 13.1. The zero-order chi connectivity index (χ0) is 20.8. The third kappa shape index (κ3) is 4.92. The Morgan fingerprint density at radius 3 is 2.66 bits per heavy atom. The number of para-hydroxylation sites is 1. The molecule has 0 bridgehead atoms. The molecule has 0 aliphatic carbocycles. The number of ether oxygens (including phenoxy) is 2. The smallest absolute Gasteiger partial charge is 0.299 e. The molecule has 0 N–H and O–H groups in total. The summed E-state index contributed by atoms with van der Waals surface area (Å²) in [6.07, 6.45) is 0.431. The molecule has 0 unspecified atom stereocenters. The van der Waals surface area contributed by atoms with Crippen molar-refractivity contribution in [3.05, 3.63) is 65.0 Å². The van der Waals surface area contributed by atoms with Crippen LogP contribution in [0.25, 0.3) is 0 Å². The van der Waals surface area contributed by atoms with Crippen LogP contribution in [0.4, 0.5) is 8.78 Å². The summed E-state index contributed by atoms with van der Waals surface area (Å²) in [5.41, 5.74) is 2.54. The Labute approximate surface area is 171 Å². The highest BCUT2D eigenvalue weighted by molar-refractivity contribution is 7.98. The number of rotatable bonds is 8. The van der Waals surface area contributed by atoms with E-state index in [1.807, 2.05) is 37.3 Å². The minimum absolute atomic E-state index is 0.285. The summed E-state index contributed by atoms with van der Waals surface area (Å²) in [6, 6.07) is 13.1. The van der Waals surface area contributed by atoms with Gasteiger partial charge < -0.3 is 9.47 Å². The normalized spacial score (nSPS) is 11.4. The SMILES string of the molecule is COc1ccc(C=Nn2c(SC)nnc2C(F)F)cc1COc1ccccc1C. The second-order valence-electron chi connectivity index (χ2n) is 6.03. The molecule has 1 aromatic heterocycles. The molecule has 0 aliphatic heterocycles. The van der Waals surface area contributed by atoms with E-state index in [9.17, 15) is 8.78 Å². The molecule has 0 aliphatic rings. The number of alkyl halides is 2. The first kappa shape index (κ1) is 20.8. The van der Waals surface area contributed by atoms with Crippen molar-refractivity contribution in [1.29, 1.82) is 0 Å². The van der Waals surface area contributed by atoms with E-state index in [4.69, 9.17) is 9.47 Å². The topological polar surface area (TPSA) is 61.5 Å². The first-order valence-corrected chi connectivity index (χ1v) is 9.93. The van der Waals surface area contributed by atoms with Crippen LogP contribution in [0.2, 0.25) is 0 Å². The predicted molar refractivity (Wildman–Crippen MR) is 108 cm³/mol. The standard InChI is InChI=1S/C20H20F2N4O2S/c1-13-6-4-5-7-16(13)28-12-15-10-14(8-9-17(15)27-2)11-23-26-19(18(21)22)24-25-20(26)29-3/h4-11,18H,12H2,1-3H3. The lowest BCUT2D eigenvalue weighted by molar-refractivity contribution is 0.135. The zero-order valence-electron chi connectivity index (χ0n) is 16.2. The van der Waals surface area contributed by atoms with Gasteiger partial charge in [-0.15, -0.1) is 10.2 Å². The summed E-state index contributed by atoms with van der Waals surface area (Å²) in [6.45, 7) is 2.26. The molecule has 0 radical (unpaired) electrons. The van der Waals surface area contributed by atoms with Gasteiger partial charge in [0.05, 0.1) is 13.3 Å². The number of methoxy groups -OCH3 is 1. The summed E-state index contributed by atoms with van der Waals surface area (Å²) in [5.74, 6) is 0.949. The largest absolute Gasteiger partial charge is 0.496 e. The highest BCUT2D eigenvalue weighted by Gasteiger charge is 2.19. The van der Waals surface area contributed by atoms with Crippen molar-refractivity contribution in [2.75, 3.05) is 13.4 Å². The van der Waals surface area contributed by atoms with Crippen molar-refractivity contribution >= 4 is 18.0 Å². The van der Waals surface area contributed by atoms with Gasteiger partial charge in [0.15, 0.2) is 0 Å². The molecule has 3 rings (SSSR count). The molecule has 2 aromatic carbocycles. The monoisotopic (exact) mass is 418 g/mol.